The summed E-state index contributed by atoms with van der Waals surface area (Å²) in [5.74, 6) is -0.196. The molecule has 0 amide bonds. The molecule has 1 aromatic heterocycles. The van der Waals surface area contributed by atoms with E-state index in [-0.39, 0.29) is 11.6 Å². The highest BCUT2D eigenvalue weighted by molar-refractivity contribution is 9.10. The van der Waals surface area contributed by atoms with E-state index in [1.54, 1.807) is 0 Å². The second-order valence-corrected chi connectivity index (χ2v) is 2.35. The number of nitrogens with zero attached hydrogens (tertiary/aromatic N) is 1. The fourth-order valence-electron chi connectivity index (χ4n) is 0.417. The van der Waals surface area contributed by atoms with E-state index in [0.29, 0.717) is 4.47 Å². The normalized spacial score (nSPS) is 9.44. The molecule has 0 aromatic carbocycles. The molecule has 1 heterocycles. The highest BCUT2D eigenvalue weighted by atomic mass is 79.9. The van der Waals surface area contributed by atoms with E-state index in [9.17, 15) is 0 Å². The summed E-state index contributed by atoms with van der Waals surface area (Å²) in [6, 6.07) is 1.16. The van der Waals surface area contributed by atoms with Crippen molar-refractivity contribution in [3.05, 3.63) is 16.7 Å². The van der Waals surface area contributed by atoms with Gasteiger partial charge < -0.3 is 10.2 Å². The van der Waals surface area contributed by atoms with Gasteiger partial charge in [-0.25, -0.2) is 4.98 Å². The van der Waals surface area contributed by atoms with Gasteiger partial charge >= 0.3 is 0 Å². The zero-order valence-corrected chi connectivity index (χ0v) is 5.96. The Morgan fingerprint density at radius 3 is 2.56 bits per heavy atom. The molecule has 0 spiro atoms. The fourth-order valence-corrected chi connectivity index (χ4v) is 0.634. The minimum atomic E-state index is -0.185. The molecule has 0 atom stereocenters. The smallest absolute Gasteiger partial charge is 0.214 e. The standard InChI is InChI=1S/C5H4BrNO2/c6-3-2-7-5(9)1-4(3)8/h1-2H,(H2,7,8,9). The summed E-state index contributed by atoms with van der Waals surface area (Å²) in [6.07, 6.45) is 1.32. The maximum absolute atomic E-state index is 8.85. The van der Waals surface area contributed by atoms with Crippen LogP contribution in [0.3, 0.4) is 0 Å². The number of pyridine rings is 1. The molecule has 0 fully saturated rings. The molecule has 48 valence electrons. The van der Waals surface area contributed by atoms with Gasteiger partial charge in [0.25, 0.3) is 0 Å². The zero-order valence-electron chi connectivity index (χ0n) is 4.37. The molecule has 0 saturated carbocycles. The number of hydrogen-bond donors (Lipinski definition) is 2. The van der Waals surface area contributed by atoms with Crippen molar-refractivity contribution < 1.29 is 10.2 Å². The third-order valence-electron chi connectivity index (χ3n) is 0.821. The van der Waals surface area contributed by atoms with E-state index in [1.165, 1.54) is 6.20 Å². The van der Waals surface area contributed by atoms with Crippen LogP contribution in [0.25, 0.3) is 0 Å². The lowest BCUT2D eigenvalue weighted by molar-refractivity contribution is 0.433. The molecule has 4 heteroatoms. The van der Waals surface area contributed by atoms with Crippen LogP contribution in [0.15, 0.2) is 16.7 Å². The van der Waals surface area contributed by atoms with Gasteiger partial charge in [0.05, 0.1) is 4.47 Å². The Morgan fingerprint density at radius 1 is 1.44 bits per heavy atom. The second-order valence-electron chi connectivity index (χ2n) is 1.49. The number of aromatic hydroxyl groups is 2. The van der Waals surface area contributed by atoms with Crippen molar-refractivity contribution in [3.63, 3.8) is 0 Å². The molecule has 0 aliphatic heterocycles. The Bertz CT molecular complexity index is 226. The van der Waals surface area contributed by atoms with E-state index >= 15 is 0 Å². The highest BCUT2D eigenvalue weighted by Crippen LogP contribution is 2.24. The third kappa shape index (κ3) is 1.32. The predicted octanol–water partition coefficient (Wildman–Crippen LogP) is 1.26. The van der Waals surface area contributed by atoms with E-state index in [4.69, 9.17) is 10.2 Å². The van der Waals surface area contributed by atoms with Crippen LogP contribution in [-0.2, 0) is 0 Å². The van der Waals surface area contributed by atoms with Gasteiger partial charge in [-0.05, 0) is 15.9 Å². The minimum Gasteiger partial charge on any atom is -0.507 e. The molecule has 3 nitrogen and oxygen atoms in total. The molecule has 0 aliphatic carbocycles. The van der Waals surface area contributed by atoms with Crippen molar-refractivity contribution in [3.8, 4) is 11.6 Å². The summed E-state index contributed by atoms with van der Waals surface area (Å²) in [5.41, 5.74) is 0. The number of halogens is 1. The Kier molecular flexibility index (Phi) is 1.57. The SMILES string of the molecule is Oc1cc(O)c(Br)cn1. The van der Waals surface area contributed by atoms with Gasteiger partial charge in [0.1, 0.15) is 5.75 Å². The van der Waals surface area contributed by atoms with Crippen molar-refractivity contribution in [1.82, 2.24) is 4.98 Å². The first kappa shape index (κ1) is 6.35. The van der Waals surface area contributed by atoms with Gasteiger partial charge in [0, 0.05) is 12.3 Å². The van der Waals surface area contributed by atoms with Gasteiger partial charge in [-0.15, -0.1) is 0 Å². The van der Waals surface area contributed by atoms with Crippen LogP contribution in [0.1, 0.15) is 0 Å². The van der Waals surface area contributed by atoms with Gasteiger partial charge in [-0.3, -0.25) is 0 Å². The summed E-state index contributed by atoms with van der Waals surface area (Å²) in [5, 5.41) is 17.5. The summed E-state index contributed by atoms with van der Waals surface area (Å²) < 4.78 is 0.473. The van der Waals surface area contributed by atoms with Crippen molar-refractivity contribution in [2.24, 2.45) is 0 Å². The summed E-state index contributed by atoms with van der Waals surface area (Å²) in [6.45, 7) is 0. The Morgan fingerprint density at radius 2 is 2.11 bits per heavy atom. The first-order chi connectivity index (χ1) is 4.20. The van der Waals surface area contributed by atoms with Crippen molar-refractivity contribution in [1.29, 1.82) is 0 Å². The Balaban J connectivity index is 3.17. The highest BCUT2D eigenvalue weighted by Gasteiger charge is 1.96. The van der Waals surface area contributed by atoms with Crippen LogP contribution < -0.4 is 0 Å². The van der Waals surface area contributed by atoms with E-state index in [0.717, 1.165) is 6.07 Å². The van der Waals surface area contributed by atoms with E-state index < -0.39 is 0 Å². The molecule has 0 bridgehead atoms. The maximum Gasteiger partial charge on any atom is 0.214 e. The molecule has 1 rings (SSSR count). The van der Waals surface area contributed by atoms with Crippen LogP contribution in [0.5, 0.6) is 11.6 Å². The molecule has 1 aromatic rings. The van der Waals surface area contributed by atoms with Crippen LogP contribution in [0.4, 0.5) is 0 Å². The zero-order chi connectivity index (χ0) is 6.85. The molecular weight excluding hydrogens is 186 g/mol. The lowest BCUT2D eigenvalue weighted by Crippen LogP contribution is -1.73. The minimum absolute atomic E-state index is 0.0116. The molecule has 0 aliphatic rings. The average molecular weight is 190 g/mol. The predicted molar refractivity (Wildman–Crippen MR) is 35.3 cm³/mol. The number of rotatable bonds is 0. The summed E-state index contributed by atoms with van der Waals surface area (Å²) in [7, 11) is 0. The van der Waals surface area contributed by atoms with Crippen molar-refractivity contribution >= 4 is 15.9 Å². The lowest BCUT2D eigenvalue weighted by Gasteiger charge is -1.93. The van der Waals surface area contributed by atoms with Gasteiger partial charge in [0.2, 0.25) is 5.88 Å². The topological polar surface area (TPSA) is 53.4 Å². The summed E-state index contributed by atoms with van der Waals surface area (Å²) in [4.78, 5) is 3.49. The van der Waals surface area contributed by atoms with Crippen LogP contribution >= 0.6 is 15.9 Å². The van der Waals surface area contributed by atoms with E-state index in [1.807, 2.05) is 0 Å². The number of aromatic nitrogens is 1. The summed E-state index contributed by atoms with van der Waals surface area (Å²) >= 11 is 3.01. The largest absolute Gasteiger partial charge is 0.507 e. The molecule has 0 radical (unpaired) electrons. The Labute approximate surface area is 60.1 Å². The first-order valence-electron chi connectivity index (χ1n) is 2.23. The maximum atomic E-state index is 8.85. The molecular formula is C5H4BrNO2. The van der Waals surface area contributed by atoms with Crippen LogP contribution in [0.2, 0.25) is 0 Å². The van der Waals surface area contributed by atoms with E-state index in [2.05, 4.69) is 20.9 Å². The van der Waals surface area contributed by atoms with Crippen LogP contribution in [-0.4, -0.2) is 15.2 Å². The quantitative estimate of drug-likeness (QED) is 0.647. The van der Waals surface area contributed by atoms with Crippen molar-refractivity contribution in [2.75, 3.05) is 0 Å². The third-order valence-corrected chi connectivity index (χ3v) is 1.43. The number of hydrogen-bond acceptors (Lipinski definition) is 3. The second kappa shape index (κ2) is 2.23. The van der Waals surface area contributed by atoms with Gasteiger partial charge in [-0.2, -0.15) is 0 Å². The molecule has 2 N–H and O–H groups in total. The average Bonchev–Trinajstić information content (AvgIpc) is 1.80. The monoisotopic (exact) mass is 189 g/mol. The molecule has 0 unspecified atom stereocenters. The van der Waals surface area contributed by atoms with Gasteiger partial charge in [0.15, 0.2) is 0 Å². The first-order valence-corrected chi connectivity index (χ1v) is 3.03. The Hall–Kier alpha value is -0.770. The fraction of sp³-hybridized carbons (Fsp3) is 0. The molecule has 0 saturated heterocycles. The van der Waals surface area contributed by atoms with Gasteiger partial charge in [-0.1, -0.05) is 0 Å². The van der Waals surface area contributed by atoms with Crippen LogP contribution in [0, 0.1) is 0 Å². The lowest BCUT2D eigenvalue weighted by atomic mass is 10.4. The van der Waals surface area contributed by atoms with Crippen molar-refractivity contribution in [2.45, 2.75) is 0 Å². The molecule has 9 heavy (non-hydrogen) atoms.